The van der Waals surface area contributed by atoms with E-state index in [0.717, 1.165) is 5.56 Å². The third kappa shape index (κ3) is 3.78. The van der Waals surface area contributed by atoms with Crippen molar-refractivity contribution in [3.8, 4) is 5.75 Å². The molecule has 0 aliphatic rings. The molecule has 0 saturated heterocycles. The van der Waals surface area contributed by atoms with E-state index < -0.39 is 5.92 Å². The van der Waals surface area contributed by atoms with E-state index in [1.54, 1.807) is 26.2 Å². The lowest BCUT2D eigenvalue weighted by atomic mass is 9.94. The van der Waals surface area contributed by atoms with Gasteiger partial charge in [0.2, 0.25) is 0 Å². The standard InChI is InChI=1S/C13H18N4O3/c1-15-13(17(2)16-14)11(8-12(19)20-3)9-4-6-10(18)7-5-9/h4-7,11,14,18H,8H2,1-3H3/b15-13-,16-14?/t11-/m0/s1. The molecule has 0 fully saturated rings. The Morgan fingerprint density at radius 3 is 2.50 bits per heavy atom. The first kappa shape index (κ1) is 15.6. The van der Waals surface area contributed by atoms with Gasteiger partial charge in [-0.3, -0.25) is 9.79 Å². The predicted octanol–water partition coefficient (Wildman–Crippen LogP) is 1.94. The fraction of sp³-hybridized carbons (Fsp3) is 0.385. The van der Waals surface area contributed by atoms with Crippen LogP contribution >= 0.6 is 0 Å². The maximum Gasteiger partial charge on any atom is 0.306 e. The number of benzene rings is 1. The van der Waals surface area contributed by atoms with Crippen LogP contribution in [0.3, 0.4) is 0 Å². The van der Waals surface area contributed by atoms with Gasteiger partial charge in [-0.1, -0.05) is 17.4 Å². The summed E-state index contributed by atoms with van der Waals surface area (Å²) in [5.41, 5.74) is 7.86. The van der Waals surface area contributed by atoms with E-state index in [-0.39, 0.29) is 18.1 Å². The Kier molecular flexibility index (Phi) is 5.64. The van der Waals surface area contributed by atoms with Crippen LogP contribution < -0.4 is 0 Å². The van der Waals surface area contributed by atoms with Crippen LogP contribution in [0.4, 0.5) is 0 Å². The van der Waals surface area contributed by atoms with Crippen LogP contribution in [-0.2, 0) is 9.53 Å². The zero-order valence-electron chi connectivity index (χ0n) is 11.7. The number of amidine groups is 1. The van der Waals surface area contributed by atoms with Crippen molar-refractivity contribution in [1.29, 1.82) is 5.53 Å². The number of phenols is 1. The average Bonchev–Trinajstić information content (AvgIpc) is 2.47. The number of ether oxygens (including phenoxy) is 1. The lowest BCUT2D eigenvalue weighted by molar-refractivity contribution is -0.140. The number of carbonyl (C=O) groups excluding carboxylic acids is 1. The number of aliphatic imine (C=N–C) groups is 1. The SMILES string of the molecule is C/N=C(/[C@@H](CC(=O)OC)c1ccc(O)cc1)N(C)N=N. The van der Waals surface area contributed by atoms with E-state index in [9.17, 15) is 9.90 Å². The van der Waals surface area contributed by atoms with E-state index in [1.165, 1.54) is 24.3 Å². The number of esters is 1. The number of aromatic hydroxyl groups is 1. The molecular weight excluding hydrogens is 260 g/mol. The Bertz CT molecular complexity index is 499. The molecule has 0 unspecified atom stereocenters. The molecule has 1 aromatic carbocycles. The highest BCUT2D eigenvalue weighted by Gasteiger charge is 2.25. The normalized spacial score (nSPS) is 12.7. The molecule has 0 aliphatic carbocycles. The second kappa shape index (κ2) is 7.22. The van der Waals surface area contributed by atoms with Gasteiger partial charge in [0.25, 0.3) is 0 Å². The smallest absolute Gasteiger partial charge is 0.306 e. The predicted molar refractivity (Wildman–Crippen MR) is 73.8 cm³/mol. The van der Waals surface area contributed by atoms with Gasteiger partial charge >= 0.3 is 5.97 Å². The molecule has 0 heterocycles. The molecule has 0 amide bonds. The number of carbonyl (C=O) groups is 1. The van der Waals surface area contributed by atoms with E-state index >= 15 is 0 Å². The Morgan fingerprint density at radius 1 is 1.45 bits per heavy atom. The van der Waals surface area contributed by atoms with E-state index in [4.69, 9.17) is 10.3 Å². The zero-order valence-corrected chi connectivity index (χ0v) is 11.7. The number of hydrogen-bond donors (Lipinski definition) is 2. The van der Waals surface area contributed by atoms with Crippen molar-refractivity contribution in [3.63, 3.8) is 0 Å². The third-order valence-corrected chi connectivity index (χ3v) is 2.92. The van der Waals surface area contributed by atoms with Crippen molar-refractivity contribution < 1.29 is 14.6 Å². The van der Waals surface area contributed by atoms with Gasteiger partial charge in [0.05, 0.1) is 19.4 Å². The lowest BCUT2D eigenvalue weighted by Crippen LogP contribution is -2.29. The van der Waals surface area contributed by atoms with Gasteiger partial charge in [0.1, 0.15) is 11.6 Å². The molecule has 0 aliphatic heterocycles. The molecule has 0 bridgehead atoms. The van der Waals surface area contributed by atoms with Crippen molar-refractivity contribution in [2.75, 3.05) is 21.2 Å². The van der Waals surface area contributed by atoms with Crippen LogP contribution in [0.25, 0.3) is 0 Å². The van der Waals surface area contributed by atoms with Crippen molar-refractivity contribution in [2.24, 2.45) is 10.2 Å². The molecule has 1 atom stereocenters. The number of nitrogens with zero attached hydrogens (tertiary/aromatic N) is 3. The van der Waals surface area contributed by atoms with Crippen LogP contribution in [0.2, 0.25) is 0 Å². The molecule has 7 nitrogen and oxygen atoms in total. The molecule has 108 valence electrons. The Hall–Kier alpha value is -2.44. The summed E-state index contributed by atoms with van der Waals surface area (Å²) in [5.74, 6) is -0.176. The van der Waals surface area contributed by atoms with Crippen LogP contribution in [0.5, 0.6) is 5.75 Å². The Morgan fingerprint density at radius 2 is 2.05 bits per heavy atom. The number of methoxy groups -OCH3 is 1. The molecule has 0 spiro atoms. The molecule has 0 radical (unpaired) electrons. The molecular formula is C13H18N4O3. The fourth-order valence-corrected chi connectivity index (χ4v) is 1.89. The van der Waals surface area contributed by atoms with E-state index in [2.05, 4.69) is 10.2 Å². The summed E-state index contributed by atoms with van der Waals surface area (Å²) in [6.07, 6.45) is 0.0772. The van der Waals surface area contributed by atoms with Crippen LogP contribution in [0, 0.1) is 5.53 Å². The van der Waals surface area contributed by atoms with Gasteiger partial charge in [-0.05, 0) is 17.7 Å². The van der Waals surface area contributed by atoms with Gasteiger partial charge in [0.15, 0.2) is 0 Å². The number of hydrogen-bond acceptors (Lipinski definition) is 6. The Labute approximate surface area is 117 Å². The van der Waals surface area contributed by atoms with Gasteiger partial charge in [-0.25, -0.2) is 5.01 Å². The summed E-state index contributed by atoms with van der Waals surface area (Å²) in [6.45, 7) is 0. The van der Waals surface area contributed by atoms with Gasteiger partial charge in [0, 0.05) is 14.1 Å². The highest BCUT2D eigenvalue weighted by atomic mass is 16.5. The quantitative estimate of drug-likeness (QED) is 0.283. The second-order valence-corrected chi connectivity index (χ2v) is 4.13. The zero-order chi connectivity index (χ0) is 15.1. The largest absolute Gasteiger partial charge is 0.508 e. The first-order valence-electron chi connectivity index (χ1n) is 5.97. The highest BCUT2D eigenvalue weighted by molar-refractivity contribution is 5.92. The highest BCUT2D eigenvalue weighted by Crippen LogP contribution is 2.25. The molecule has 1 aromatic rings. The summed E-state index contributed by atoms with van der Waals surface area (Å²) in [7, 11) is 4.47. The van der Waals surface area contributed by atoms with Crippen molar-refractivity contribution in [3.05, 3.63) is 29.8 Å². The van der Waals surface area contributed by atoms with Crippen LogP contribution in [0.15, 0.2) is 34.5 Å². The van der Waals surface area contributed by atoms with Crippen molar-refractivity contribution in [1.82, 2.24) is 5.01 Å². The minimum atomic E-state index is -0.396. The van der Waals surface area contributed by atoms with Gasteiger partial charge < -0.3 is 9.84 Å². The maximum atomic E-state index is 11.6. The average molecular weight is 278 g/mol. The second-order valence-electron chi connectivity index (χ2n) is 4.13. The summed E-state index contributed by atoms with van der Waals surface area (Å²) in [5, 5.41) is 13.9. The maximum absolute atomic E-state index is 11.6. The summed E-state index contributed by atoms with van der Waals surface area (Å²) in [4.78, 5) is 15.7. The lowest BCUT2D eigenvalue weighted by Gasteiger charge is -2.22. The number of rotatable bonds is 5. The number of nitrogens with one attached hydrogen (secondary N) is 1. The van der Waals surface area contributed by atoms with Gasteiger partial charge in [-0.2, -0.15) is 5.53 Å². The molecule has 2 N–H and O–H groups in total. The first-order chi connectivity index (χ1) is 9.53. The van der Waals surface area contributed by atoms with Crippen LogP contribution in [0.1, 0.15) is 17.9 Å². The molecule has 7 heteroatoms. The minimum absolute atomic E-state index is 0.0772. The van der Waals surface area contributed by atoms with Crippen molar-refractivity contribution >= 4 is 11.8 Å². The van der Waals surface area contributed by atoms with Crippen molar-refractivity contribution in [2.45, 2.75) is 12.3 Å². The molecule has 20 heavy (non-hydrogen) atoms. The van der Waals surface area contributed by atoms with Gasteiger partial charge in [-0.15, -0.1) is 0 Å². The fourth-order valence-electron chi connectivity index (χ4n) is 1.89. The third-order valence-electron chi connectivity index (χ3n) is 2.92. The number of phenolic OH excluding ortho intramolecular Hbond substituents is 1. The van der Waals surface area contributed by atoms with E-state index in [1.807, 2.05) is 0 Å². The number of likely N-dealkylation sites (N-methyl/N-ethyl adjacent to an activating group) is 1. The summed E-state index contributed by atoms with van der Waals surface area (Å²) < 4.78 is 4.69. The topological polar surface area (TPSA) is 98.3 Å². The molecule has 0 saturated carbocycles. The Balaban J connectivity index is 3.16. The summed E-state index contributed by atoms with van der Waals surface area (Å²) >= 11 is 0. The summed E-state index contributed by atoms with van der Waals surface area (Å²) in [6, 6.07) is 6.47. The minimum Gasteiger partial charge on any atom is -0.508 e. The molecule has 0 aromatic heterocycles. The van der Waals surface area contributed by atoms with E-state index in [0.29, 0.717) is 5.84 Å². The monoisotopic (exact) mass is 278 g/mol. The van der Waals surface area contributed by atoms with Crippen LogP contribution in [-0.4, -0.2) is 43.1 Å². The molecule has 1 rings (SSSR count). The first-order valence-corrected chi connectivity index (χ1v) is 5.97.